The van der Waals surface area contributed by atoms with Crippen molar-refractivity contribution in [2.75, 3.05) is 0 Å². The van der Waals surface area contributed by atoms with Gasteiger partial charge in [-0.25, -0.2) is 0 Å². The van der Waals surface area contributed by atoms with Gasteiger partial charge in [0.15, 0.2) is 0 Å². The second-order valence-electron chi connectivity index (χ2n) is 27.3. The molecule has 0 atom stereocenters. The van der Waals surface area contributed by atoms with Crippen LogP contribution in [0.25, 0.3) is 218 Å². The van der Waals surface area contributed by atoms with Crippen LogP contribution < -0.4 is 0 Å². The first kappa shape index (κ1) is 57.6. The Balaban J connectivity index is 0.000000133. The molecule has 0 aliphatic carbocycles. The molecule has 0 aliphatic heterocycles. The molecule has 0 bridgehead atoms. The minimum Gasteiger partial charge on any atom is -0.456 e. The zero-order valence-corrected chi connectivity index (χ0v) is 55.5. The number of hydrogen-bond donors (Lipinski definition) is 0. The van der Waals surface area contributed by atoms with Gasteiger partial charge in [-0.05, 0) is 236 Å². The fourth-order valence-corrected chi connectivity index (χ4v) is 16.8. The molecular formula is C100H60O2. The number of benzene rings is 20. The topological polar surface area (TPSA) is 26.3 Å². The molecule has 2 aromatic heterocycles. The first-order valence-corrected chi connectivity index (χ1v) is 35.2. The summed E-state index contributed by atoms with van der Waals surface area (Å²) in [6, 6.07) is 133. The van der Waals surface area contributed by atoms with E-state index in [-0.39, 0.29) is 0 Å². The molecule has 20 aromatic carbocycles. The highest BCUT2D eigenvalue weighted by molar-refractivity contribution is 6.26. The van der Waals surface area contributed by atoms with Gasteiger partial charge < -0.3 is 8.83 Å². The highest BCUT2D eigenvalue weighted by Crippen LogP contribution is 2.50. The Labute approximate surface area is 587 Å². The first-order chi connectivity index (χ1) is 50.5. The molecule has 0 amide bonds. The normalized spacial score (nSPS) is 11.9. The molecule has 2 heteroatoms. The fraction of sp³-hybridized carbons (Fsp3) is 0. The maximum Gasteiger partial charge on any atom is 0.143 e. The van der Waals surface area contributed by atoms with Crippen LogP contribution in [0.3, 0.4) is 0 Å². The second kappa shape index (κ2) is 23.1. The number of para-hydroxylation sites is 1. The lowest BCUT2D eigenvalue weighted by molar-refractivity contribution is 0.669. The van der Waals surface area contributed by atoms with Gasteiger partial charge in [-0.2, -0.15) is 0 Å². The van der Waals surface area contributed by atoms with Gasteiger partial charge in [0.2, 0.25) is 0 Å². The summed E-state index contributed by atoms with van der Waals surface area (Å²) in [6.07, 6.45) is 0. The molecule has 0 aliphatic rings. The Kier molecular flexibility index (Phi) is 13.1. The quantitative estimate of drug-likeness (QED) is 0.155. The molecule has 2 heterocycles. The molecule has 0 radical (unpaired) electrons. The molecule has 0 fully saturated rings. The third kappa shape index (κ3) is 9.27. The molecule has 472 valence electrons. The average Bonchev–Trinajstić information content (AvgIpc) is 0.752. The third-order valence-corrected chi connectivity index (χ3v) is 21.6. The summed E-state index contributed by atoms with van der Waals surface area (Å²) >= 11 is 0. The molecule has 0 spiro atoms. The molecule has 0 N–H and O–H groups in total. The summed E-state index contributed by atoms with van der Waals surface area (Å²) in [6.45, 7) is 0. The smallest absolute Gasteiger partial charge is 0.143 e. The van der Waals surface area contributed by atoms with Crippen LogP contribution in [0, 0.1) is 0 Å². The van der Waals surface area contributed by atoms with Gasteiger partial charge in [0.25, 0.3) is 0 Å². The van der Waals surface area contributed by atoms with Crippen LogP contribution >= 0.6 is 0 Å². The fourth-order valence-electron chi connectivity index (χ4n) is 16.8. The number of hydrogen-bond acceptors (Lipinski definition) is 2. The lowest BCUT2D eigenvalue weighted by atomic mass is 9.83. The van der Waals surface area contributed by atoms with E-state index in [9.17, 15) is 0 Å². The molecule has 0 saturated carbocycles. The molecular weight excluding hydrogens is 1230 g/mol. The number of rotatable bonds is 6. The molecule has 0 unspecified atom stereocenters. The van der Waals surface area contributed by atoms with Gasteiger partial charge in [-0.3, -0.25) is 0 Å². The zero-order chi connectivity index (χ0) is 66.9. The van der Waals surface area contributed by atoms with Crippen LogP contribution in [0.1, 0.15) is 0 Å². The van der Waals surface area contributed by atoms with E-state index in [2.05, 4.69) is 358 Å². The van der Waals surface area contributed by atoms with Gasteiger partial charge >= 0.3 is 0 Å². The Hall–Kier alpha value is -13.4. The lowest BCUT2D eigenvalue weighted by Gasteiger charge is -2.19. The summed E-state index contributed by atoms with van der Waals surface area (Å²) < 4.78 is 12.9. The molecule has 22 aromatic rings. The van der Waals surface area contributed by atoms with Crippen LogP contribution in [0.15, 0.2) is 373 Å². The highest BCUT2D eigenvalue weighted by Gasteiger charge is 2.23. The Morgan fingerprint density at radius 1 is 0.147 bits per heavy atom. The van der Waals surface area contributed by atoms with Crippen LogP contribution in [0.5, 0.6) is 0 Å². The average molecular weight is 1290 g/mol. The van der Waals surface area contributed by atoms with Crippen molar-refractivity contribution in [2.45, 2.75) is 0 Å². The number of fused-ring (bicyclic) bond motifs is 18. The minimum absolute atomic E-state index is 0.910. The van der Waals surface area contributed by atoms with E-state index < -0.39 is 0 Å². The van der Waals surface area contributed by atoms with Crippen molar-refractivity contribution in [3.8, 4) is 66.8 Å². The van der Waals surface area contributed by atoms with E-state index in [0.29, 0.717) is 0 Å². The lowest BCUT2D eigenvalue weighted by Crippen LogP contribution is -1.92. The third-order valence-electron chi connectivity index (χ3n) is 21.6. The van der Waals surface area contributed by atoms with Gasteiger partial charge in [-0.15, -0.1) is 0 Å². The SMILES string of the molecule is c1ccc2cc(-c3c4ccccc4c(-c4ccc5ccccc5c4)c4cc(-c5cc6c7ccccc7oc6c6ccccc56)ccc34)ccc2c1.c1ccc2cc(-c3c4ccccc4c(-c4ccc5ccccc5c4)c4cc(-c5ccc6oc7ccc8ccccc8c7c6c5)ccc34)ccc2c1. The first-order valence-electron chi connectivity index (χ1n) is 35.2. The van der Waals surface area contributed by atoms with Crippen molar-refractivity contribution in [3.63, 3.8) is 0 Å². The summed E-state index contributed by atoms with van der Waals surface area (Å²) in [5, 5.41) is 29.3. The van der Waals surface area contributed by atoms with E-state index in [1.807, 2.05) is 6.07 Å². The van der Waals surface area contributed by atoms with E-state index in [1.54, 1.807) is 0 Å². The van der Waals surface area contributed by atoms with Gasteiger partial charge in [0.1, 0.15) is 22.3 Å². The second-order valence-corrected chi connectivity index (χ2v) is 27.3. The van der Waals surface area contributed by atoms with E-state index >= 15 is 0 Å². The summed E-state index contributed by atoms with van der Waals surface area (Å²) in [4.78, 5) is 0. The zero-order valence-electron chi connectivity index (χ0n) is 55.5. The predicted molar refractivity (Wildman–Crippen MR) is 435 cm³/mol. The maximum atomic E-state index is 6.48. The molecule has 102 heavy (non-hydrogen) atoms. The van der Waals surface area contributed by atoms with Gasteiger partial charge in [0.05, 0.1) is 0 Å². The van der Waals surface area contributed by atoms with Crippen LogP contribution in [-0.4, -0.2) is 0 Å². The van der Waals surface area contributed by atoms with E-state index in [4.69, 9.17) is 8.83 Å². The van der Waals surface area contributed by atoms with Crippen molar-refractivity contribution in [3.05, 3.63) is 364 Å². The highest BCUT2D eigenvalue weighted by atomic mass is 16.3. The predicted octanol–water partition coefficient (Wildman–Crippen LogP) is 28.7. The Bertz CT molecular complexity index is 7260. The summed E-state index contributed by atoms with van der Waals surface area (Å²) in [5.41, 5.74) is 18.4. The van der Waals surface area contributed by atoms with Crippen molar-refractivity contribution in [2.24, 2.45) is 0 Å². The van der Waals surface area contributed by atoms with Crippen molar-refractivity contribution < 1.29 is 8.83 Å². The Morgan fingerprint density at radius 2 is 0.471 bits per heavy atom. The molecule has 22 rings (SSSR count). The van der Waals surface area contributed by atoms with Crippen molar-refractivity contribution >= 4 is 152 Å². The van der Waals surface area contributed by atoms with Gasteiger partial charge in [-0.1, -0.05) is 297 Å². The van der Waals surface area contributed by atoms with E-state index in [0.717, 1.165) is 43.9 Å². The largest absolute Gasteiger partial charge is 0.456 e. The standard InChI is InChI=1S/2C50H30O/c1-3-13-33-27-36(23-21-31(33)11-1)48-40-17-6-7-18-41(40)49(37-24-22-32-12-2-4-14-34(32)28-37)45-29-35(25-26-42(45)48)44-30-46-39-16-9-10-20-47(39)51-50(46)43-19-8-5-15-38(43)44;1-3-12-34-27-38(19-17-31(34)9-1)48-41-15-7-8-16-42(41)49(39-20-18-32-10-2-4-13-35(32)28-39)44-29-36(21-24-43(44)48)37-23-25-46-45(30-37)50-40-14-6-5-11-33(40)22-26-47(50)51-46/h2*1-30H. The van der Waals surface area contributed by atoms with Crippen LogP contribution in [0.2, 0.25) is 0 Å². The van der Waals surface area contributed by atoms with Crippen molar-refractivity contribution in [1.29, 1.82) is 0 Å². The summed E-state index contributed by atoms with van der Waals surface area (Å²) in [7, 11) is 0. The summed E-state index contributed by atoms with van der Waals surface area (Å²) in [5.74, 6) is 0. The molecule has 0 saturated heterocycles. The van der Waals surface area contributed by atoms with Crippen LogP contribution in [-0.2, 0) is 0 Å². The maximum absolute atomic E-state index is 6.48. The van der Waals surface area contributed by atoms with E-state index in [1.165, 1.54) is 174 Å². The minimum atomic E-state index is 0.910. The molecule has 2 nitrogen and oxygen atoms in total. The van der Waals surface area contributed by atoms with Crippen molar-refractivity contribution in [1.82, 2.24) is 0 Å². The number of furan rings is 2. The van der Waals surface area contributed by atoms with Crippen LogP contribution in [0.4, 0.5) is 0 Å². The monoisotopic (exact) mass is 1290 g/mol. The Morgan fingerprint density at radius 3 is 0.971 bits per heavy atom. The van der Waals surface area contributed by atoms with Gasteiger partial charge in [0, 0.05) is 26.9 Å².